The first-order valence-corrected chi connectivity index (χ1v) is 11.1. The van der Waals surface area contributed by atoms with Crippen molar-refractivity contribution in [1.29, 1.82) is 0 Å². The van der Waals surface area contributed by atoms with Crippen LogP contribution in [0.3, 0.4) is 0 Å². The van der Waals surface area contributed by atoms with Gasteiger partial charge in [-0.3, -0.25) is 9.59 Å². The van der Waals surface area contributed by atoms with Gasteiger partial charge in [0.05, 0.1) is 11.3 Å². The third kappa shape index (κ3) is 4.15. The van der Waals surface area contributed by atoms with Crippen LogP contribution in [0.25, 0.3) is 0 Å². The fraction of sp³-hybridized carbons (Fsp3) is 0.217. The monoisotopic (exact) mass is 458 g/mol. The highest BCUT2D eigenvalue weighted by molar-refractivity contribution is 8.04. The molecule has 154 valence electrons. The summed E-state index contributed by atoms with van der Waals surface area (Å²) in [6, 6.07) is 14.5. The summed E-state index contributed by atoms with van der Waals surface area (Å²) >= 11 is 13.6. The Balaban J connectivity index is 1.60. The molecular weight excluding hydrogens is 439 g/mol. The minimum absolute atomic E-state index is 0.0450. The molecule has 0 aromatic heterocycles. The second kappa shape index (κ2) is 8.50. The number of Topliss-reactive ketones (excluding diaryl/α,β-unsaturated/α-hetero) is 1. The minimum Gasteiger partial charge on any atom is -0.362 e. The standard InChI is InChI=1S/C23H20Cl2N2O2S/c1-13-10-19-22(30-13)20(14(2)27(19)12-15-6-8-16(24)9-7-15)21(28)23(29)26-18-5-3-4-17(25)11-18/h3-11,19,22H,12H2,1-2H3,(H,26,29). The number of hydrogen-bond acceptors (Lipinski definition) is 4. The van der Waals surface area contributed by atoms with Crippen LogP contribution in [0.15, 0.2) is 70.8 Å². The van der Waals surface area contributed by atoms with Crippen LogP contribution in [0.2, 0.25) is 10.0 Å². The van der Waals surface area contributed by atoms with Crippen LogP contribution in [-0.4, -0.2) is 27.9 Å². The lowest BCUT2D eigenvalue weighted by Gasteiger charge is -2.26. The van der Waals surface area contributed by atoms with Crippen molar-refractivity contribution in [3.8, 4) is 0 Å². The number of halogens is 2. The number of benzene rings is 2. The zero-order chi connectivity index (χ0) is 21.4. The Kier molecular flexibility index (Phi) is 5.96. The number of nitrogens with one attached hydrogen (secondary N) is 1. The van der Waals surface area contributed by atoms with Gasteiger partial charge in [0.15, 0.2) is 0 Å². The summed E-state index contributed by atoms with van der Waals surface area (Å²) in [5, 5.41) is 3.77. The molecule has 0 saturated carbocycles. The summed E-state index contributed by atoms with van der Waals surface area (Å²) in [6.45, 7) is 4.59. The fourth-order valence-corrected chi connectivity index (χ4v) is 5.58. The molecule has 2 atom stereocenters. The SMILES string of the molecule is CC1=CC2C(S1)C(C(=O)C(=O)Nc1cccc(Cl)c1)=C(C)N2Cc1ccc(Cl)cc1. The van der Waals surface area contributed by atoms with Gasteiger partial charge < -0.3 is 10.2 Å². The zero-order valence-corrected chi connectivity index (χ0v) is 18.8. The lowest BCUT2D eigenvalue weighted by molar-refractivity contribution is -0.132. The highest BCUT2D eigenvalue weighted by atomic mass is 35.5. The highest BCUT2D eigenvalue weighted by Crippen LogP contribution is 2.46. The Labute approximate surface area is 189 Å². The van der Waals surface area contributed by atoms with E-state index in [4.69, 9.17) is 23.2 Å². The molecule has 0 aliphatic carbocycles. The number of rotatable bonds is 5. The molecule has 2 unspecified atom stereocenters. The number of amides is 1. The second-order valence-electron chi connectivity index (χ2n) is 7.35. The van der Waals surface area contributed by atoms with E-state index in [1.54, 1.807) is 36.0 Å². The molecule has 2 aliphatic heterocycles. The molecule has 0 fully saturated rings. The van der Waals surface area contributed by atoms with Gasteiger partial charge in [-0.05, 0) is 54.6 Å². The summed E-state index contributed by atoms with van der Waals surface area (Å²) < 4.78 is 0. The molecule has 2 aromatic carbocycles. The molecule has 1 N–H and O–H groups in total. The highest BCUT2D eigenvalue weighted by Gasteiger charge is 2.45. The predicted octanol–water partition coefficient (Wildman–Crippen LogP) is 5.68. The van der Waals surface area contributed by atoms with Gasteiger partial charge in [0.1, 0.15) is 0 Å². The lowest BCUT2D eigenvalue weighted by Crippen LogP contribution is -2.32. The van der Waals surface area contributed by atoms with E-state index >= 15 is 0 Å². The molecule has 2 aromatic rings. The topological polar surface area (TPSA) is 49.4 Å². The first-order valence-electron chi connectivity index (χ1n) is 9.51. The zero-order valence-electron chi connectivity index (χ0n) is 16.5. The first kappa shape index (κ1) is 21.0. The van der Waals surface area contributed by atoms with Crippen molar-refractivity contribution < 1.29 is 9.59 Å². The Hall–Kier alpha value is -2.21. The van der Waals surface area contributed by atoms with Crippen LogP contribution in [0.4, 0.5) is 5.69 Å². The molecule has 4 rings (SSSR count). The van der Waals surface area contributed by atoms with Crippen LogP contribution in [0.5, 0.6) is 0 Å². The molecule has 1 amide bonds. The third-order valence-corrected chi connectivity index (χ3v) is 7.06. The van der Waals surface area contributed by atoms with Crippen LogP contribution in [0.1, 0.15) is 19.4 Å². The molecule has 2 aliphatic rings. The normalized spacial score (nSPS) is 20.3. The maximum absolute atomic E-state index is 13.2. The van der Waals surface area contributed by atoms with Gasteiger partial charge >= 0.3 is 0 Å². The number of fused-ring (bicyclic) bond motifs is 1. The van der Waals surface area contributed by atoms with Gasteiger partial charge in [0.2, 0.25) is 5.78 Å². The molecule has 0 saturated heterocycles. The van der Waals surface area contributed by atoms with Crippen molar-refractivity contribution in [2.24, 2.45) is 0 Å². The number of ketones is 1. The molecule has 4 nitrogen and oxygen atoms in total. The van der Waals surface area contributed by atoms with Gasteiger partial charge in [-0.2, -0.15) is 0 Å². The van der Waals surface area contributed by atoms with Crippen molar-refractivity contribution in [2.75, 3.05) is 5.32 Å². The van der Waals surface area contributed by atoms with Crippen molar-refractivity contribution in [2.45, 2.75) is 31.7 Å². The van der Waals surface area contributed by atoms with E-state index < -0.39 is 11.7 Å². The number of carbonyl (C=O) groups is 2. The van der Waals surface area contributed by atoms with Crippen LogP contribution < -0.4 is 5.32 Å². The van der Waals surface area contributed by atoms with Crippen LogP contribution >= 0.6 is 35.0 Å². The molecule has 30 heavy (non-hydrogen) atoms. The van der Waals surface area contributed by atoms with E-state index in [1.807, 2.05) is 38.1 Å². The number of thioether (sulfide) groups is 1. The molecule has 0 bridgehead atoms. The van der Waals surface area contributed by atoms with Gasteiger partial charge in [-0.25, -0.2) is 0 Å². The Morgan fingerprint density at radius 1 is 1.07 bits per heavy atom. The van der Waals surface area contributed by atoms with E-state index in [1.165, 1.54) is 0 Å². The van der Waals surface area contributed by atoms with E-state index in [0.717, 1.165) is 16.2 Å². The maximum Gasteiger partial charge on any atom is 0.296 e. The van der Waals surface area contributed by atoms with E-state index in [9.17, 15) is 9.59 Å². The number of anilines is 1. The summed E-state index contributed by atoms with van der Waals surface area (Å²) in [4.78, 5) is 29.2. The summed E-state index contributed by atoms with van der Waals surface area (Å²) in [7, 11) is 0. The average Bonchev–Trinajstić information content (AvgIpc) is 3.18. The smallest absolute Gasteiger partial charge is 0.296 e. The van der Waals surface area contributed by atoms with E-state index in [0.29, 0.717) is 27.9 Å². The molecule has 0 radical (unpaired) electrons. The quantitative estimate of drug-likeness (QED) is 0.585. The van der Waals surface area contributed by atoms with Crippen molar-refractivity contribution in [3.63, 3.8) is 0 Å². The number of nitrogens with zero attached hydrogens (tertiary/aromatic N) is 1. The van der Waals surface area contributed by atoms with Gasteiger partial charge in [0, 0.05) is 33.5 Å². The van der Waals surface area contributed by atoms with Gasteiger partial charge in [0.25, 0.3) is 5.91 Å². The summed E-state index contributed by atoms with van der Waals surface area (Å²) in [5.41, 5.74) is 2.99. The lowest BCUT2D eigenvalue weighted by atomic mass is 10.0. The maximum atomic E-state index is 13.2. The molecule has 2 heterocycles. The Bertz CT molecular complexity index is 1080. The number of allylic oxidation sites excluding steroid dienone is 2. The fourth-order valence-electron chi connectivity index (χ4n) is 3.88. The summed E-state index contributed by atoms with van der Waals surface area (Å²) in [5.74, 6) is -1.15. The number of carbonyl (C=O) groups excluding carboxylic acids is 2. The van der Waals surface area contributed by atoms with Crippen molar-refractivity contribution in [1.82, 2.24) is 4.90 Å². The first-order chi connectivity index (χ1) is 14.3. The second-order valence-corrected chi connectivity index (χ2v) is 9.61. The molecular formula is C23H20Cl2N2O2S. The minimum atomic E-state index is -0.649. The molecule has 0 spiro atoms. The van der Waals surface area contributed by atoms with E-state index in [2.05, 4.69) is 16.3 Å². The molecule has 7 heteroatoms. The largest absolute Gasteiger partial charge is 0.362 e. The van der Waals surface area contributed by atoms with Gasteiger partial charge in [-0.15, -0.1) is 11.8 Å². The van der Waals surface area contributed by atoms with Gasteiger partial charge in [-0.1, -0.05) is 47.5 Å². The third-order valence-electron chi connectivity index (χ3n) is 5.29. The Morgan fingerprint density at radius 3 is 2.50 bits per heavy atom. The van der Waals surface area contributed by atoms with Crippen molar-refractivity contribution >= 4 is 52.3 Å². The van der Waals surface area contributed by atoms with Crippen molar-refractivity contribution in [3.05, 3.63) is 86.4 Å². The van der Waals surface area contributed by atoms with Crippen LogP contribution in [-0.2, 0) is 16.1 Å². The average molecular weight is 459 g/mol. The van der Waals surface area contributed by atoms with E-state index in [-0.39, 0.29) is 11.3 Å². The van der Waals surface area contributed by atoms with Crippen LogP contribution in [0, 0.1) is 0 Å². The predicted molar refractivity (Wildman–Crippen MR) is 124 cm³/mol. The number of hydrogen-bond donors (Lipinski definition) is 1. The summed E-state index contributed by atoms with van der Waals surface area (Å²) in [6.07, 6.45) is 2.17. The Morgan fingerprint density at radius 2 is 1.80 bits per heavy atom.